The molecule has 206 valence electrons. The number of aromatic nitrogens is 3. The van der Waals surface area contributed by atoms with Crippen LogP contribution in [0.5, 0.6) is 0 Å². The fourth-order valence-corrected chi connectivity index (χ4v) is 3.84. The maximum Gasteiger partial charge on any atom is 0.323 e. The van der Waals surface area contributed by atoms with E-state index in [9.17, 15) is 19.2 Å². The van der Waals surface area contributed by atoms with Crippen molar-refractivity contribution in [3.63, 3.8) is 0 Å². The second-order valence-corrected chi connectivity index (χ2v) is 8.79. The number of hydrogen-bond donors (Lipinski definition) is 3. The first-order valence-corrected chi connectivity index (χ1v) is 12.7. The average Bonchev–Trinajstić information content (AvgIpc) is 2.89. The molecule has 0 radical (unpaired) electrons. The van der Waals surface area contributed by atoms with E-state index in [0.717, 1.165) is 22.3 Å². The zero-order valence-corrected chi connectivity index (χ0v) is 22.5. The molecule has 3 aromatic rings. The van der Waals surface area contributed by atoms with E-state index in [-0.39, 0.29) is 42.9 Å². The SMILES string of the molecule is CCOC(=O)CC[C@H](NCc1ccc(/C(C)=C/c2cnc3nc(NC(C)=O)[nH]c(=O)c3c2)cc1)C(=O)OCC. The van der Waals surface area contributed by atoms with E-state index < -0.39 is 17.6 Å². The van der Waals surface area contributed by atoms with E-state index in [1.54, 1.807) is 26.1 Å². The lowest BCUT2D eigenvalue weighted by Gasteiger charge is -2.17. The van der Waals surface area contributed by atoms with Crippen molar-refractivity contribution in [1.82, 2.24) is 20.3 Å². The monoisotopic (exact) mass is 535 g/mol. The molecular weight excluding hydrogens is 502 g/mol. The van der Waals surface area contributed by atoms with Gasteiger partial charge in [0.1, 0.15) is 6.04 Å². The molecule has 11 heteroatoms. The molecule has 0 saturated heterocycles. The van der Waals surface area contributed by atoms with Gasteiger partial charge in [0, 0.05) is 26.1 Å². The van der Waals surface area contributed by atoms with Crippen molar-refractivity contribution in [1.29, 1.82) is 0 Å². The Kier molecular flexibility index (Phi) is 10.4. The van der Waals surface area contributed by atoms with Crippen LogP contribution in [-0.4, -0.2) is 52.1 Å². The van der Waals surface area contributed by atoms with E-state index >= 15 is 0 Å². The Balaban J connectivity index is 1.68. The number of allylic oxidation sites excluding steroid dienone is 1. The number of carbonyl (C=O) groups is 3. The molecule has 1 aromatic carbocycles. The molecule has 1 atom stereocenters. The molecule has 3 rings (SSSR count). The number of ether oxygens (including phenoxy) is 2. The fourth-order valence-electron chi connectivity index (χ4n) is 3.84. The molecule has 0 bridgehead atoms. The van der Waals surface area contributed by atoms with Crippen molar-refractivity contribution < 1.29 is 23.9 Å². The van der Waals surface area contributed by atoms with Gasteiger partial charge in [-0.15, -0.1) is 0 Å². The van der Waals surface area contributed by atoms with Gasteiger partial charge in [-0.25, -0.2) is 4.98 Å². The van der Waals surface area contributed by atoms with Crippen LogP contribution in [0.25, 0.3) is 22.7 Å². The van der Waals surface area contributed by atoms with E-state index in [0.29, 0.717) is 18.5 Å². The van der Waals surface area contributed by atoms with Crippen molar-refractivity contribution in [2.45, 2.75) is 53.1 Å². The second kappa shape index (κ2) is 14.0. The molecule has 3 N–H and O–H groups in total. The van der Waals surface area contributed by atoms with Crippen LogP contribution in [0.4, 0.5) is 5.95 Å². The minimum atomic E-state index is -0.622. The summed E-state index contributed by atoms with van der Waals surface area (Å²) >= 11 is 0. The van der Waals surface area contributed by atoms with Gasteiger partial charge in [-0.2, -0.15) is 4.98 Å². The number of pyridine rings is 1. The molecule has 0 saturated carbocycles. The number of anilines is 1. The molecule has 39 heavy (non-hydrogen) atoms. The Morgan fingerprint density at radius 2 is 1.79 bits per heavy atom. The van der Waals surface area contributed by atoms with Crippen LogP contribution in [0.2, 0.25) is 0 Å². The maximum atomic E-state index is 12.5. The smallest absolute Gasteiger partial charge is 0.323 e. The Bertz CT molecular complexity index is 1410. The number of aromatic amines is 1. The van der Waals surface area contributed by atoms with Crippen LogP contribution >= 0.6 is 0 Å². The predicted molar refractivity (Wildman–Crippen MR) is 148 cm³/mol. The lowest BCUT2D eigenvalue weighted by atomic mass is 10.0. The minimum absolute atomic E-state index is 0.0501. The molecule has 0 fully saturated rings. The molecular formula is C28H33N5O6. The number of H-pyrrole nitrogens is 1. The molecule has 0 unspecified atom stereocenters. The quantitative estimate of drug-likeness (QED) is 0.297. The number of nitrogens with zero attached hydrogens (tertiary/aromatic N) is 2. The lowest BCUT2D eigenvalue weighted by molar-refractivity contribution is -0.147. The van der Waals surface area contributed by atoms with Crippen LogP contribution < -0.4 is 16.2 Å². The minimum Gasteiger partial charge on any atom is -0.466 e. The van der Waals surface area contributed by atoms with Crippen LogP contribution in [-0.2, 0) is 30.4 Å². The first kappa shape index (κ1) is 29.2. The van der Waals surface area contributed by atoms with Gasteiger partial charge in [0.05, 0.1) is 18.6 Å². The lowest BCUT2D eigenvalue weighted by Crippen LogP contribution is -2.38. The molecule has 0 aliphatic carbocycles. The van der Waals surface area contributed by atoms with Gasteiger partial charge >= 0.3 is 11.9 Å². The van der Waals surface area contributed by atoms with Gasteiger partial charge in [-0.3, -0.25) is 29.5 Å². The largest absolute Gasteiger partial charge is 0.466 e. The number of nitrogens with one attached hydrogen (secondary N) is 3. The van der Waals surface area contributed by atoms with E-state index in [1.165, 1.54) is 6.92 Å². The fraction of sp³-hybridized carbons (Fsp3) is 0.357. The number of amides is 1. The van der Waals surface area contributed by atoms with Crippen LogP contribution in [0, 0.1) is 0 Å². The third-order valence-electron chi connectivity index (χ3n) is 5.74. The number of carbonyl (C=O) groups excluding carboxylic acids is 3. The summed E-state index contributed by atoms with van der Waals surface area (Å²) < 4.78 is 10.1. The van der Waals surface area contributed by atoms with Gasteiger partial charge in [0.15, 0.2) is 5.65 Å². The van der Waals surface area contributed by atoms with Crippen LogP contribution in [0.3, 0.4) is 0 Å². The maximum absolute atomic E-state index is 12.5. The van der Waals surface area contributed by atoms with Crippen LogP contribution in [0.15, 0.2) is 41.3 Å². The van der Waals surface area contributed by atoms with E-state index in [2.05, 4.69) is 25.6 Å². The van der Waals surface area contributed by atoms with Gasteiger partial charge in [0.2, 0.25) is 11.9 Å². The summed E-state index contributed by atoms with van der Waals surface area (Å²) in [5, 5.41) is 5.94. The highest BCUT2D eigenvalue weighted by molar-refractivity contribution is 5.88. The third kappa shape index (κ3) is 8.57. The molecule has 0 aliphatic rings. The summed E-state index contributed by atoms with van der Waals surface area (Å²) in [6, 6.07) is 8.89. The molecule has 2 heterocycles. The van der Waals surface area contributed by atoms with Gasteiger partial charge < -0.3 is 14.8 Å². The van der Waals surface area contributed by atoms with Crippen molar-refractivity contribution >= 4 is 46.5 Å². The van der Waals surface area contributed by atoms with Crippen LogP contribution in [0.1, 0.15) is 57.2 Å². The van der Waals surface area contributed by atoms with Gasteiger partial charge in [-0.05, 0) is 61.6 Å². The zero-order valence-electron chi connectivity index (χ0n) is 22.5. The second-order valence-electron chi connectivity index (χ2n) is 8.79. The summed E-state index contributed by atoms with van der Waals surface area (Å²) in [6.07, 6.45) is 3.92. The highest BCUT2D eigenvalue weighted by Crippen LogP contribution is 2.20. The Labute approximate surface area is 226 Å². The number of esters is 2. The Morgan fingerprint density at radius 3 is 2.46 bits per heavy atom. The summed E-state index contributed by atoms with van der Waals surface area (Å²) in [5.41, 5.74) is 3.44. The highest BCUT2D eigenvalue weighted by atomic mass is 16.5. The van der Waals surface area contributed by atoms with Gasteiger partial charge in [-0.1, -0.05) is 24.3 Å². The summed E-state index contributed by atoms with van der Waals surface area (Å²) in [4.78, 5) is 58.7. The van der Waals surface area contributed by atoms with Gasteiger partial charge in [0.25, 0.3) is 5.56 Å². The number of hydrogen-bond acceptors (Lipinski definition) is 9. The summed E-state index contributed by atoms with van der Waals surface area (Å²) in [6.45, 7) is 7.72. The normalized spacial score (nSPS) is 12.2. The first-order chi connectivity index (χ1) is 18.7. The van der Waals surface area contributed by atoms with Crippen molar-refractivity contribution in [3.05, 3.63) is 63.6 Å². The average molecular weight is 536 g/mol. The molecule has 1 amide bonds. The molecule has 2 aromatic heterocycles. The first-order valence-electron chi connectivity index (χ1n) is 12.7. The van der Waals surface area contributed by atoms with E-state index in [1.807, 2.05) is 37.3 Å². The number of benzene rings is 1. The summed E-state index contributed by atoms with van der Waals surface area (Å²) in [5.74, 6) is -1.05. The van der Waals surface area contributed by atoms with Crippen molar-refractivity contribution in [3.8, 4) is 0 Å². The molecule has 0 spiro atoms. The number of rotatable bonds is 12. The Hall–Kier alpha value is -4.38. The number of fused-ring (bicyclic) bond motifs is 1. The standard InChI is InChI=1S/C28H33N5O6/c1-5-38-24(35)12-11-23(27(37)39-6-2)29-15-19-7-9-21(10-8-19)17(3)13-20-14-22-25(30-16-20)32-28(31-18(4)34)33-26(22)36/h7-10,13-14,16,23,29H,5-6,11-12,15H2,1-4H3,(H2,30,31,32,33,34,36)/b17-13+/t23-/m0/s1. The summed E-state index contributed by atoms with van der Waals surface area (Å²) in [7, 11) is 0. The van der Waals surface area contributed by atoms with Crippen molar-refractivity contribution in [2.24, 2.45) is 0 Å². The third-order valence-corrected chi connectivity index (χ3v) is 5.74. The zero-order chi connectivity index (χ0) is 28.4. The predicted octanol–water partition coefficient (Wildman–Crippen LogP) is 3.20. The molecule has 0 aliphatic heterocycles. The van der Waals surface area contributed by atoms with E-state index in [4.69, 9.17) is 9.47 Å². The topological polar surface area (TPSA) is 152 Å². The Morgan fingerprint density at radius 1 is 1.08 bits per heavy atom. The molecule has 11 nitrogen and oxygen atoms in total. The highest BCUT2D eigenvalue weighted by Gasteiger charge is 2.21. The van der Waals surface area contributed by atoms with Crippen molar-refractivity contribution in [2.75, 3.05) is 18.5 Å².